The Labute approximate surface area is 158 Å². The molecule has 0 fully saturated rings. The smallest absolute Gasteiger partial charge is 0.130 e. The topological polar surface area (TPSA) is 31.4 Å². The van der Waals surface area contributed by atoms with Crippen molar-refractivity contribution in [2.45, 2.75) is 53.4 Å². The van der Waals surface area contributed by atoms with Crippen LogP contribution in [0.4, 0.5) is 0 Å². The summed E-state index contributed by atoms with van der Waals surface area (Å²) < 4.78 is 11.6. The quantitative estimate of drug-likeness (QED) is 0.542. The van der Waals surface area contributed by atoms with Gasteiger partial charge in [-0.05, 0) is 56.4 Å². The van der Waals surface area contributed by atoms with E-state index >= 15 is 0 Å². The van der Waals surface area contributed by atoms with Gasteiger partial charge in [0.15, 0.2) is 0 Å². The van der Waals surface area contributed by atoms with Crippen molar-refractivity contribution < 1.29 is 9.47 Å². The number of methoxy groups -OCH3 is 2. The second kappa shape index (κ2) is 9.42. The Hall–Kier alpha value is -2.29. The van der Waals surface area contributed by atoms with Gasteiger partial charge in [0.25, 0.3) is 0 Å². The van der Waals surface area contributed by atoms with Gasteiger partial charge in [-0.25, -0.2) is 0 Å². The molecule has 2 aromatic rings. The van der Waals surface area contributed by atoms with Crippen LogP contribution in [-0.2, 0) is 0 Å². The molecule has 0 saturated carbocycles. The van der Waals surface area contributed by atoms with Crippen LogP contribution in [0.2, 0.25) is 0 Å². The van der Waals surface area contributed by atoms with Crippen LogP contribution < -0.4 is 9.47 Å². The van der Waals surface area contributed by atoms with Crippen molar-refractivity contribution in [1.29, 1.82) is 0 Å². The molecule has 0 N–H and O–H groups in total. The summed E-state index contributed by atoms with van der Waals surface area (Å²) in [6, 6.07) is 4.09. The standard InChI is InChI=1S/C23H31NO2/c1-7-8-9-10-13-20(19-12-11-14-24-15-19)21-18(4)22(25-5)16(2)17(3)23(21)26-6/h11-15H,7-10H2,1-6H3/b20-13+. The predicted octanol–water partition coefficient (Wildman–Crippen LogP) is 6.04. The molecule has 0 saturated heterocycles. The molecule has 0 bridgehead atoms. The van der Waals surface area contributed by atoms with Gasteiger partial charge in [-0.1, -0.05) is 31.9 Å². The van der Waals surface area contributed by atoms with Crippen LogP contribution in [0, 0.1) is 20.8 Å². The molecule has 0 amide bonds. The van der Waals surface area contributed by atoms with E-state index in [9.17, 15) is 0 Å². The molecule has 0 unspecified atom stereocenters. The van der Waals surface area contributed by atoms with E-state index in [4.69, 9.17) is 9.47 Å². The monoisotopic (exact) mass is 353 g/mol. The summed E-state index contributed by atoms with van der Waals surface area (Å²) in [4.78, 5) is 4.33. The first kappa shape index (κ1) is 20.0. The Balaban J connectivity index is 2.70. The number of pyridine rings is 1. The van der Waals surface area contributed by atoms with Gasteiger partial charge in [0.1, 0.15) is 11.5 Å². The first-order chi connectivity index (χ1) is 12.6. The molecule has 0 spiro atoms. The van der Waals surface area contributed by atoms with E-state index < -0.39 is 0 Å². The van der Waals surface area contributed by atoms with Crippen molar-refractivity contribution in [3.63, 3.8) is 0 Å². The molecule has 26 heavy (non-hydrogen) atoms. The molecule has 0 aliphatic rings. The van der Waals surface area contributed by atoms with E-state index in [1.165, 1.54) is 24.8 Å². The van der Waals surface area contributed by atoms with E-state index in [2.05, 4.69) is 44.8 Å². The van der Waals surface area contributed by atoms with Gasteiger partial charge in [0.2, 0.25) is 0 Å². The molecule has 1 aromatic carbocycles. The number of aromatic nitrogens is 1. The number of benzene rings is 1. The zero-order valence-corrected chi connectivity index (χ0v) is 17.0. The second-order valence-electron chi connectivity index (χ2n) is 6.67. The van der Waals surface area contributed by atoms with Crippen LogP contribution in [0.5, 0.6) is 11.5 Å². The highest BCUT2D eigenvalue weighted by Gasteiger charge is 2.22. The molecular formula is C23H31NO2. The molecule has 1 aromatic heterocycles. The van der Waals surface area contributed by atoms with Gasteiger partial charge >= 0.3 is 0 Å². The Bertz CT molecular complexity index is 764. The first-order valence-corrected chi connectivity index (χ1v) is 9.39. The minimum atomic E-state index is 0.923. The van der Waals surface area contributed by atoms with Gasteiger partial charge in [-0.2, -0.15) is 0 Å². The molecule has 1 heterocycles. The van der Waals surface area contributed by atoms with Crippen LogP contribution in [0.15, 0.2) is 30.6 Å². The summed E-state index contributed by atoms with van der Waals surface area (Å²) in [6.07, 6.45) is 10.7. The highest BCUT2D eigenvalue weighted by Crippen LogP contribution is 2.43. The molecule has 140 valence electrons. The molecule has 2 rings (SSSR count). The number of ether oxygens (including phenoxy) is 2. The fourth-order valence-corrected chi connectivity index (χ4v) is 3.51. The Morgan fingerprint density at radius 2 is 1.69 bits per heavy atom. The van der Waals surface area contributed by atoms with E-state index in [1.807, 2.05) is 18.5 Å². The summed E-state index contributed by atoms with van der Waals surface area (Å²) in [5.74, 6) is 1.85. The number of hydrogen-bond donors (Lipinski definition) is 0. The van der Waals surface area contributed by atoms with Crippen molar-refractivity contribution in [2.24, 2.45) is 0 Å². The number of hydrogen-bond acceptors (Lipinski definition) is 3. The van der Waals surface area contributed by atoms with E-state index in [0.29, 0.717) is 0 Å². The normalized spacial score (nSPS) is 11.5. The van der Waals surface area contributed by atoms with Crippen molar-refractivity contribution in [3.05, 3.63) is 58.4 Å². The highest BCUT2D eigenvalue weighted by molar-refractivity contribution is 5.86. The third-order valence-electron chi connectivity index (χ3n) is 4.99. The zero-order chi connectivity index (χ0) is 19.1. The molecule has 0 atom stereocenters. The van der Waals surface area contributed by atoms with Gasteiger partial charge < -0.3 is 9.47 Å². The molecule has 3 nitrogen and oxygen atoms in total. The number of allylic oxidation sites excluding steroid dienone is 1. The first-order valence-electron chi connectivity index (χ1n) is 9.39. The molecule has 0 aliphatic carbocycles. The van der Waals surface area contributed by atoms with E-state index in [0.717, 1.165) is 45.7 Å². The van der Waals surface area contributed by atoms with Crippen LogP contribution in [0.25, 0.3) is 5.57 Å². The maximum atomic E-state index is 5.85. The van der Waals surface area contributed by atoms with Crippen molar-refractivity contribution >= 4 is 5.57 Å². The molecular weight excluding hydrogens is 322 g/mol. The summed E-state index contributed by atoms with van der Waals surface area (Å²) in [5, 5.41) is 0. The summed E-state index contributed by atoms with van der Waals surface area (Å²) >= 11 is 0. The average molecular weight is 354 g/mol. The predicted molar refractivity (Wildman–Crippen MR) is 109 cm³/mol. The third kappa shape index (κ3) is 4.09. The fraction of sp³-hybridized carbons (Fsp3) is 0.435. The second-order valence-corrected chi connectivity index (χ2v) is 6.67. The maximum absolute atomic E-state index is 5.85. The van der Waals surface area contributed by atoms with E-state index in [-0.39, 0.29) is 0 Å². The van der Waals surface area contributed by atoms with Crippen LogP contribution in [0.3, 0.4) is 0 Å². The summed E-state index contributed by atoms with van der Waals surface area (Å²) in [6.45, 7) is 8.52. The largest absolute Gasteiger partial charge is 0.496 e. The zero-order valence-electron chi connectivity index (χ0n) is 17.0. The fourth-order valence-electron chi connectivity index (χ4n) is 3.51. The Morgan fingerprint density at radius 3 is 2.27 bits per heavy atom. The minimum Gasteiger partial charge on any atom is -0.496 e. The van der Waals surface area contributed by atoms with Crippen LogP contribution in [-0.4, -0.2) is 19.2 Å². The number of unbranched alkanes of at least 4 members (excludes halogenated alkanes) is 3. The maximum Gasteiger partial charge on any atom is 0.130 e. The minimum absolute atomic E-state index is 0.923. The summed E-state index contributed by atoms with van der Waals surface area (Å²) in [7, 11) is 3.48. The lowest BCUT2D eigenvalue weighted by atomic mass is 9.88. The molecule has 3 heteroatoms. The van der Waals surface area contributed by atoms with Crippen LogP contribution >= 0.6 is 0 Å². The lowest BCUT2D eigenvalue weighted by molar-refractivity contribution is 0.394. The highest BCUT2D eigenvalue weighted by atomic mass is 16.5. The lowest BCUT2D eigenvalue weighted by Crippen LogP contribution is -2.04. The van der Waals surface area contributed by atoms with Crippen molar-refractivity contribution in [1.82, 2.24) is 4.98 Å². The van der Waals surface area contributed by atoms with Gasteiger partial charge in [0, 0.05) is 29.1 Å². The average Bonchev–Trinajstić information content (AvgIpc) is 2.66. The lowest BCUT2D eigenvalue weighted by Gasteiger charge is -2.22. The van der Waals surface area contributed by atoms with Gasteiger partial charge in [-0.3, -0.25) is 4.98 Å². The van der Waals surface area contributed by atoms with Crippen molar-refractivity contribution in [3.8, 4) is 11.5 Å². The number of rotatable bonds is 8. The Kier molecular flexibility index (Phi) is 7.26. The Morgan fingerprint density at radius 1 is 1.00 bits per heavy atom. The van der Waals surface area contributed by atoms with Crippen LogP contribution in [0.1, 0.15) is 60.4 Å². The van der Waals surface area contributed by atoms with Gasteiger partial charge in [0.05, 0.1) is 14.2 Å². The van der Waals surface area contributed by atoms with Gasteiger partial charge in [-0.15, -0.1) is 0 Å². The SMILES string of the molecule is CCCCC/C=C(\c1cccnc1)c1c(C)c(OC)c(C)c(C)c1OC. The van der Waals surface area contributed by atoms with Crippen molar-refractivity contribution in [2.75, 3.05) is 14.2 Å². The third-order valence-corrected chi connectivity index (χ3v) is 4.99. The molecule has 0 aliphatic heterocycles. The molecule has 0 radical (unpaired) electrons. The van der Waals surface area contributed by atoms with E-state index in [1.54, 1.807) is 14.2 Å². The summed E-state index contributed by atoms with van der Waals surface area (Å²) in [5.41, 5.74) is 6.74. The number of nitrogens with zero attached hydrogens (tertiary/aromatic N) is 1.